The smallest absolute Gasteiger partial charge is 0.260 e. The first-order valence-electron chi connectivity index (χ1n) is 10.5. The summed E-state index contributed by atoms with van der Waals surface area (Å²) in [4.78, 5) is 20.6. The van der Waals surface area contributed by atoms with Crippen molar-refractivity contribution in [3.05, 3.63) is 82.9 Å². The third-order valence-corrected chi connectivity index (χ3v) is 6.60. The van der Waals surface area contributed by atoms with Gasteiger partial charge in [0.15, 0.2) is 0 Å². The molecular formula is C25H23N3O2. The average molecular weight is 397 g/mol. The molecule has 0 amide bonds. The van der Waals surface area contributed by atoms with Crippen LogP contribution in [0.15, 0.2) is 71.7 Å². The minimum absolute atomic E-state index is 0.0866. The standard InChI is InChI=1S/C25H23N3O2/c1-27(18-14-30-15-18)22-8-4-6-17-11-12-28(25(29)24(17)22)23-13-19(23)21-10-9-16-5-2-3-7-20(16)26-21/h2-12,18-19,23H,13-15H2,1H3. The van der Waals surface area contributed by atoms with Gasteiger partial charge in [0.2, 0.25) is 0 Å². The minimum atomic E-state index is 0.0866. The third-order valence-electron chi connectivity index (χ3n) is 6.60. The molecule has 2 aromatic heterocycles. The Balaban J connectivity index is 1.38. The van der Waals surface area contributed by atoms with Crippen molar-refractivity contribution in [3.8, 4) is 0 Å². The van der Waals surface area contributed by atoms with Crippen molar-refractivity contribution in [1.29, 1.82) is 0 Å². The Morgan fingerprint density at radius 3 is 2.67 bits per heavy atom. The molecule has 2 aliphatic rings. The van der Waals surface area contributed by atoms with Crippen LogP contribution in [0.25, 0.3) is 21.7 Å². The normalized spacial score (nSPS) is 21.0. The van der Waals surface area contributed by atoms with Crippen molar-refractivity contribution in [2.45, 2.75) is 24.4 Å². The van der Waals surface area contributed by atoms with Crippen LogP contribution in [0.2, 0.25) is 0 Å². The summed E-state index contributed by atoms with van der Waals surface area (Å²) in [5.74, 6) is 0.287. The van der Waals surface area contributed by atoms with E-state index in [-0.39, 0.29) is 17.5 Å². The molecule has 5 heteroatoms. The highest BCUT2D eigenvalue weighted by atomic mass is 16.5. The maximum Gasteiger partial charge on any atom is 0.260 e. The molecule has 1 saturated heterocycles. The lowest BCUT2D eigenvalue weighted by molar-refractivity contribution is 0.0102. The fourth-order valence-corrected chi connectivity index (χ4v) is 4.58. The molecule has 30 heavy (non-hydrogen) atoms. The predicted octanol–water partition coefficient (Wildman–Crippen LogP) is 4.11. The predicted molar refractivity (Wildman–Crippen MR) is 119 cm³/mol. The highest BCUT2D eigenvalue weighted by Gasteiger charge is 2.42. The van der Waals surface area contributed by atoms with Crippen LogP contribution in [-0.4, -0.2) is 35.9 Å². The number of fused-ring (bicyclic) bond motifs is 2. The molecule has 3 heterocycles. The van der Waals surface area contributed by atoms with Crippen molar-refractivity contribution in [1.82, 2.24) is 9.55 Å². The van der Waals surface area contributed by atoms with Crippen LogP contribution >= 0.6 is 0 Å². The van der Waals surface area contributed by atoms with E-state index in [1.54, 1.807) is 0 Å². The summed E-state index contributed by atoms with van der Waals surface area (Å²) >= 11 is 0. The quantitative estimate of drug-likeness (QED) is 0.520. The van der Waals surface area contributed by atoms with Gasteiger partial charge in [-0.1, -0.05) is 36.4 Å². The summed E-state index contributed by atoms with van der Waals surface area (Å²) in [5.41, 5.74) is 3.16. The molecule has 0 N–H and O–H groups in total. The van der Waals surface area contributed by atoms with Crippen molar-refractivity contribution in [2.24, 2.45) is 0 Å². The first-order chi connectivity index (χ1) is 14.7. The number of hydrogen-bond donors (Lipinski definition) is 0. The number of benzene rings is 2. The van der Waals surface area contributed by atoms with E-state index in [1.165, 1.54) is 0 Å². The summed E-state index contributed by atoms with van der Waals surface area (Å²) in [7, 11) is 2.05. The molecule has 2 aromatic carbocycles. The second-order valence-electron chi connectivity index (χ2n) is 8.41. The van der Waals surface area contributed by atoms with Crippen LogP contribution in [0.1, 0.15) is 24.1 Å². The van der Waals surface area contributed by atoms with Crippen LogP contribution in [0.4, 0.5) is 5.69 Å². The zero-order chi connectivity index (χ0) is 20.2. The summed E-state index contributed by atoms with van der Waals surface area (Å²) in [5, 5.41) is 2.93. The Labute approximate surface area is 174 Å². The fraction of sp³-hybridized carbons (Fsp3) is 0.280. The Hall–Kier alpha value is -3.18. The molecule has 4 aromatic rings. The van der Waals surface area contributed by atoms with Crippen LogP contribution in [0, 0.1) is 0 Å². The van der Waals surface area contributed by atoms with Crippen molar-refractivity contribution in [3.63, 3.8) is 0 Å². The number of pyridine rings is 2. The number of anilines is 1. The summed E-state index contributed by atoms with van der Waals surface area (Å²) in [6.45, 7) is 1.43. The molecule has 1 aliphatic carbocycles. The maximum absolute atomic E-state index is 13.5. The molecule has 6 rings (SSSR count). The summed E-state index contributed by atoms with van der Waals surface area (Å²) < 4.78 is 7.27. The Kier molecular flexibility index (Phi) is 3.93. The lowest BCUT2D eigenvalue weighted by atomic mass is 10.1. The molecule has 2 unspecified atom stereocenters. The molecular weight excluding hydrogens is 374 g/mol. The Morgan fingerprint density at radius 1 is 1.00 bits per heavy atom. The lowest BCUT2D eigenvalue weighted by Crippen LogP contribution is -2.47. The van der Waals surface area contributed by atoms with Crippen LogP contribution < -0.4 is 10.5 Å². The second-order valence-corrected chi connectivity index (χ2v) is 8.41. The molecule has 2 atom stereocenters. The first-order valence-corrected chi connectivity index (χ1v) is 10.5. The van der Waals surface area contributed by atoms with Gasteiger partial charge in [-0.2, -0.15) is 0 Å². The fourth-order valence-electron chi connectivity index (χ4n) is 4.58. The van der Waals surface area contributed by atoms with E-state index >= 15 is 0 Å². The van der Waals surface area contributed by atoms with Gasteiger partial charge in [0.25, 0.3) is 5.56 Å². The first kappa shape index (κ1) is 17.7. The molecule has 5 nitrogen and oxygen atoms in total. The van der Waals surface area contributed by atoms with Gasteiger partial charge >= 0.3 is 0 Å². The lowest BCUT2D eigenvalue weighted by Gasteiger charge is -2.36. The number of aromatic nitrogens is 2. The van der Waals surface area contributed by atoms with Crippen molar-refractivity contribution in [2.75, 3.05) is 25.2 Å². The van der Waals surface area contributed by atoms with Gasteiger partial charge in [0, 0.05) is 36.3 Å². The molecule has 0 spiro atoms. The molecule has 0 radical (unpaired) electrons. The topological polar surface area (TPSA) is 47.4 Å². The van der Waals surface area contributed by atoms with E-state index in [2.05, 4.69) is 36.2 Å². The van der Waals surface area contributed by atoms with E-state index < -0.39 is 0 Å². The van der Waals surface area contributed by atoms with Gasteiger partial charge in [-0.05, 0) is 36.1 Å². The largest absolute Gasteiger partial charge is 0.377 e. The Morgan fingerprint density at radius 2 is 1.83 bits per heavy atom. The van der Waals surface area contributed by atoms with Gasteiger partial charge < -0.3 is 14.2 Å². The molecule has 0 bridgehead atoms. The van der Waals surface area contributed by atoms with Crippen molar-refractivity contribution >= 4 is 27.4 Å². The SMILES string of the molecule is CN(c1cccc2ccn(C3CC3c3ccc4ccccc4n3)c(=O)c12)C1COC1. The highest BCUT2D eigenvalue weighted by Crippen LogP contribution is 2.50. The zero-order valence-corrected chi connectivity index (χ0v) is 16.9. The monoisotopic (exact) mass is 397 g/mol. The number of hydrogen-bond acceptors (Lipinski definition) is 4. The van der Waals surface area contributed by atoms with Gasteiger partial charge in [-0.15, -0.1) is 0 Å². The van der Waals surface area contributed by atoms with Gasteiger partial charge in [-0.3, -0.25) is 9.78 Å². The van der Waals surface area contributed by atoms with Crippen molar-refractivity contribution < 1.29 is 4.74 Å². The van der Waals surface area contributed by atoms with E-state index in [0.717, 1.165) is 39.5 Å². The maximum atomic E-state index is 13.5. The molecule has 1 aliphatic heterocycles. The number of likely N-dealkylation sites (N-methyl/N-ethyl adjacent to an activating group) is 1. The van der Waals surface area contributed by atoms with Gasteiger partial charge in [-0.25, -0.2) is 0 Å². The molecule has 150 valence electrons. The van der Waals surface area contributed by atoms with E-state index in [4.69, 9.17) is 9.72 Å². The van der Waals surface area contributed by atoms with Crippen LogP contribution in [-0.2, 0) is 4.74 Å². The van der Waals surface area contributed by atoms with E-state index in [9.17, 15) is 4.79 Å². The summed E-state index contributed by atoms with van der Waals surface area (Å²) in [6, 6.07) is 21.1. The Bertz CT molecular complexity index is 1330. The van der Waals surface area contributed by atoms with E-state index in [1.807, 2.05) is 47.2 Å². The van der Waals surface area contributed by atoms with Gasteiger partial charge in [0.05, 0.1) is 35.8 Å². The number of rotatable bonds is 4. The highest BCUT2D eigenvalue weighted by molar-refractivity contribution is 5.93. The molecule has 2 fully saturated rings. The number of nitrogens with zero attached hydrogens (tertiary/aromatic N) is 3. The zero-order valence-electron chi connectivity index (χ0n) is 16.9. The molecule has 1 saturated carbocycles. The average Bonchev–Trinajstić information content (AvgIpc) is 3.52. The van der Waals surface area contributed by atoms with Crippen LogP contribution in [0.3, 0.4) is 0 Å². The minimum Gasteiger partial charge on any atom is -0.377 e. The number of para-hydroxylation sites is 1. The third kappa shape index (κ3) is 2.73. The van der Waals surface area contributed by atoms with Gasteiger partial charge in [0.1, 0.15) is 0 Å². The summed E-state index contributed by atoms with van der Waals surface area (Å²) in [6.07, 6.45) is 2.90. The van der Waals surface area contributed by atoms with E-state index in [0.29, 0.717) is 19.3 Å². The number of ether oxygens (including phenoxy) is 1. The second kappa shape index (κ2) is 6.67. The van der Waals surface area contributed by atoms with Crippen LogP contribution in [0.5, 0.6) is 0 Å².